The second kappa shape index (κ2) is 13.5. The summed E-state index contributed by atoms with van der Waals surface area (Å²) in [5, 5.41) is 12.4. The minimum absolute atomic E-state index is 0.0142. The molecule has 0 bridgehead atoms. The van der Waals surface area contributed by atoms with Gasteiger partial charge in [0.05, 0.1) is 11.6 Å². The molecule has 1 aliphatic rings. The summed E-state index contributed by atoms with van der Waals surface area (Å²) >= 11 is 18.7. The van der Waals surface area contributed by atoms with Crippen LogP contribution in [0.5, 0.6) is 0 Å². The van der Waals surface area contributed by atoms with Crippen molar-refractivity contribution in [1.82, 2.24) is 9.80 Å². The Hall–Kier alpha value is -2.05. The molecule has 1 heterocycles. The largest absolute Gasteiger partial charge is 0.507 e. The summed E-state index contributed by atoms with van der Waals surface area (Å²) in [7, 11) is 0. The van der Waals surface area contributed by atoms with Crippen molar-refractivity contribution in [3.8, 4) is 0 Å². The second-order valence-electron chi connectivity index (χ2n) is 9.07. The van der Waals surface area contributed by atoms with Gasteiger partial charge >= 0.3 is 0 Å². The van der Waals surface area contributed by atoms with E-state index >= 15 is 0 Å². The fourth-order valence-corrected chi connectivity index (χ4v) is 5.12. The number of hydrogen-bond donors (Lipinski definition) is 1. The summed E-state index contributed by atoms with van der Waals surface area (Å²) in [5.41, 5.74) is 0.961. The summed E-state index contributed by atoms with van der Waals surface area (Å²) in [5.74, 6) is -1.63. The number of amides is 1. The number of ketones is 1. The topological polar surface area (TPSA) is 60.9 Å². The maximum absolute atomic E-state index is 13.2. The number of Topliss-reactive ketones (excluding diaryl/α,β-unsaturated/α-hetero) is 1. The lowest BCUT2D eigenvalue weighted by atomic mass is 9.95. The molecule has 2 aromatic carbocycles. The van der Waals surface area contributed by atoms with Crippen molar-refractivity contribution in [3.05, 3.63) is 74.2 Å². The molecular formula is C28H33Cl3N2O3. The average Bonchev–Trinajstić information content (AvgIpc) is 3.10. The van der Waals surface area contributed by atoms with Crippen LogP contribution in [0, 0.1) is 0 Å². The molecule has 8 heteroatoms. The first-order chi connectivity index (χ1) is 17.3. The van der Waals surface area contributed by atoms with Crippen molar-refractivity contribution in [2.24, 2.45) is 0 Å². The highest BCUT2D eigenvalue weighted by Crippen LogP contribution is 2.42. The molecule has 1 fully saturated rings. The lowest BCUT2D eigenvalue weighted by Crippen LogP contribution is -2.34. The molecule has 0 aliphatic carbocycles. The Morgan fingerprint density at radius 1 is 0.889 bits per heavy atom. The predicted octanol–water partition coefficient (Wildman–Crippen LogP) is 7.36. The van der Waals surface area contributed by atoms with Crippen LogP contribution in [0.3, 0.4) is 0 Å². The summed E-state index contributed by atoms with van der Waals surface area (Å²) in [6, 6.07) is 10.6. The summed E-state index contributed by atoms with van der Waals surface area (Å²) in [6.07, 6.45) is 5.18. The highest BCUT2D eigenvalue weighted by atomic mass is 35.5. The lowest BCUT2D eigenvalue weighted by molar-refractivity contribution is -0.140. The normalized spacial score (nSPS) is 17.4. The number of aliphatic hydroxyl groups excluding tert-OH is 1. The van der Waals surface area contributed by atoms with Crippen LogP contribution in [0.1, 0.15) is 63.1 Å². The summed E-state index contributed by atoms with van der Waals surface area (Å²) < 4.78 is 0. The summed E-state index contributed by atoms with van der Waals surface area (Å²) in [4.78, 5) is 30.4. The standard InChI is InChI=1S/C28H33Cl3N2O3/c1-3-5-14-32(15-6-4-2)16-7-17-33-25(22-13-12-21(30)18-23(22)31)24(27(35)28(33)36)26(34)19-8-10-20(29)11-9-19/h8-13,18,25,34H,3-7,14-17H2,1-2H3/b26-24-. The Morgan fingerprint density at radius 3 is 2.06 bits per heavy atom. The second-order valence-corrected chi connectivity index (χ2v) is 10.3. The monoisotopic (exact) mass is 550 g/mol. The number of carbonyl (C=O) groups is 2. The van der Waals surface area contributed by atoms with E-state index in [0.717, 1.165) is 45.3 Å². The van der Waals surface area contributed by atoms with Crippen LogP contribution in [-0.4, -0.2) is 52.8 Å². The molecule has 1 aliphatic heterocycles. The quantitative estimate of drug-likeness (QED) is 0.170. The van der Waals surface area contributed by atoms with Gasteiger partial charge in [0.2, 0.25) is 0 Å². The zero-order valence-electron chi connectivity index (χ0n) is 20.8. The van der Waals surface area contributed by atoms with Gasteiger partial charge in [-0.3, -0.25) is 9.59 Å². The SMILES string of the molecule is CCCCN(CCCC)CCCN1C(=O)C(=O)/C(=C(\O)c2ccc(Cl)cc2)C1c1ccc(Cl)cc1Cl. The molecule has 3 rings (SSSR count). The number of halogens is 3. The molecule has 36 heavy (non-hydrogen) atoms. The molecule has 1 unspecified atom stereocenters. The van der Waals surface area contributed by atoms with E-state index in [-0.39, 0.29) is 11.3 Å². The fraction of sp³-hybridized carbons (Fsp3) is 0.429. The molecule has 1 amide bonds. The molecule has 0 saturated carbocycles. The zero-order valence-corrected chi connectivity index (χ0v) is 23.0. The van der Waals surface area contributed by atoms with E-state index in [1.165, 1.54) is 4.90 Å². The van der Waals surface area contributed by atoms with Crippen LogP contribution in [0.15, 0.2) is 48.0 Å². The molecule has 1 N–H and O–H groups in total. The van der Waals surface area contributed by atoms with Crippen LogP contribution in [-0.2, 0) is 9.59 Å². The van der Waals surface area contributed by atoms with Crippen molar-refractivity contribution in [3.63, 3.8) is 0 Å². The Kier molecular flexibility index (Phi) is 10.7. The first kappa shape index (κ1) is 28.5. The third kappa shape index (κ3) is 6.83. The third-order valence-electron chi connectivity index (χ3n) is 6.44. The van der Waals surface area contributed by atoms with Gasteiger partial charge in [-0.05, 0) is 80.9 Å². The molecule has 0 aromatic heterocycles. The van der Waals surface area contributed by atoms with Gasteiger partial charge in [-0.25, -0.2) is 0 Å². The lowest BCUT2D eigenvalue weighted by Gasteiger charge is -2.28. The predicted molar refractivity (Wildman–Crippen MR) is 148 cm³/mol. The van der Waals surface area contributed by atoms with E-state index in [1.54, 1.807) is 42.5 Å². The van der Waals surface area contributed by atoms with Gasteiger partial charge in [-0.15, -0.1) is 0 Å². The van der Waals surface area contributed by atoms with Gasteiger partial charge < -0.3 is 14.9 Å². The number of hydrogen-bond acceptors (Lipinski definition) is 4. The zero-order chi connectivity index (χ0) is 26.2. The van der Waals surface area contributed by atoms with Crippen LogP contribution in [0.25, 0.3) is 5.76 Å². The van der Waals surface area contributed by atoms with Crippen molar-refractivity contribution < 1.29 is 14.7 Å². The van der Waals surface area contributed by atoms with Crippen LogP contribution in [0.4, 0.5) is 0 Å². The van der Waals surface area contributed by atoms with Crippen molar-refractivity contribution >= 4 is 52.3 Å². The minimum atomic E-state index is -0.815. The highest BCUT2D eigenvalue weighted by Gasteiger charge is 2.46. The van der Waals surface area contributed by atoms with Gasteiger partial charge in [-0.1, -0.05) is 67.6 Å². The third-order valence-corrected chi connectivity index (χ3v) is 7.26. The Balaban J connectivity index is 1.95. The molecule has 5 nitrogen and oxygen atoms in total. The van der Waals surface area contributed by atoms with E-state index in [1.807, 2.05) is 0 Å². The van der Waals surface area contributed by atoms with Crippen molar-refractivity contribution in [1.29, 1.82) is 0 Å². The van der Waals surface area contributed by atoms with E-state index in [9.17, 15) is 14.7 Å². The number of likely N-dealkylation sites (tertiary alicyclic amines) is 1. The maximum Gasteiger partial charge on any atom is 0.295 e. The number of aliphatic hydroxyl groups is 1. The fourth-order valence-electron chi connectivity index (χ4n) is 4.48. The Labute approximate surface area is 228 Å². The van der Waals surface area contributed by atoms with Gasteiger partial charge in [-0.2, -0.15) is 0 Å². The maximum atomic E-state index is 13.2. The molecule has 194 valence electrons. The molecule has 0 radical (unpaired) electrons. The molecular weight excluding hydrogens is 519 g/mol. The minimum Gasteiger partial charge on any atom is -0.507 e. The first-order valence-corrected chi connectivity index (χ1v) is 13.6. The van der Waals surface area contributed by atoms with Gasteiger partial charge in [0, 0.05) is 27.2 Å². The number of rotatable bonds is 12. The van der Waals surface area contributed by atoms with Crippen LogP contribution in [0.2, 0.25) is 15.1 Å². The number of carbonyl (C=O) groups excluding carboxylic acids is 2. The van der Waals surface area contributed by atoms with E-state index < -0.39 is 17.7 Å². The Bertz CT molecular complexity index is 1090. The van der Waals surface area contributed by atoms with Gasteiger partial charge in [0.1, 0.15) is 5.76 Å². The van der Waals surface area contributed by atoms with Crippen LogP contribution >= 0.6 is 34.8 Å². The molecule has 2 aromatic rings. The molecule has 1 atom stereocenters. The van der Waals surface area contributed by atoms with E-state index in [2.05, 4.69) is 18.7 Å². The number of unbranched alkanes of at least 4 members (excludes halogenated alkanes) is 2. The van der Waals surface area contributed by atoms with Gasteiger partial charge in [0.15, 0.2) is 0 Å². The highest BCUT2D eigenvalue weighted by molar-refractivity contribution is 6.47. The van der Waals surface area contributed by atoms with Gasteiger partial charge in [0.25, 0.3) is 11.7 Å². The Morgan fingerprint density at radius 2 is 1.47 bits per heavy atom. The summed E-state index contributed by atoms with van der Waals surface area (Å²) in [6.45, 7) is 7.56. The number of benzene rings is 2. The van der Waals surface area contributed by atoms with E-state index in [4.69, 9.17) is 34.8 Å². The van der Waals surface area contributed by atoms with Crippen LogP contribution < -0.4 is 0 Å². The smallest absolute Gasteiger partial charge is 0.295 e. The molecule has 1 saturated heterocycles. The van der Waals surface area contributed by atoms with Crippen molar-refractivity contribution in [2.45, 2.75) is 52.0 Å². The van der Waals surface area contributed by atoms with Crippen molar-refractivity contribution in [2.75, 3.05) is 26.2 Å². The first-order valence-electron chi connectivity index (χ1n) is 12.5. The molecule has 0 spiro atoms. The van der Waals surface area contributed by atoms with E-state index in [0.29, 0.717) is 39.2 Å². The number of nitrogens with zero attached hydrogens (tertiary/aromatic N) is 2. The average molecular weight is 552 g/mol.